The molecule has 6 heteroatoms. The Balaban J connectivity index is 1.49. The Hall–Kier alpha value is -2.47. The number of para-hydroxylation sites is 1. The third-order valence-electron chi connectivity index (χ3n) is 3.76. The van der Waals surface area contributed by atoms with Crippen LogP contribution in [0.15, 0.2) is 42.5 Å². The Labute approximate surface area is 153 Å². The standard InChI is InChI=1S/C19H22N2O3S/c1-13-5-3-4-6-16(13)24-12-14(2)20-19(25)21-15-7-8-17-18(11-15)23-10-9-22-17/h3-8,11,14H,9-10,12H2,1-2H3,(H2,20,21,25)/t14-/m0/s1. The molecule has 0 aliphatic carbocycles. The second-order valence-corrected chi connectivity index (χ2v) is 6.34. The van der Waals surface area contributed by atoms with Gasteiger partial charge in [0.2, 0.25) is 0 Å². The van der Waals surface area contributed by atoms with E-state index >= 15 is 0 Å². The number of anilines is 1. The molecule has 0 aromatic heterocycles. The first-order valence-electron chi connectivity index (χ1n) is 8.27. The Morgan fingerprint density at radius 2 is 1.92 bits per heavy atom. The van der Waals surface area contributed by atoms with Crippen molar-refractivity contribution in [1.82, 2.24) is 5.32 Å². The Kier molecular flexibility index (Phi) is 5.60. The number of benzene rings is 2. The fourth-order valence-electron chi connectivity index (χ4n) is 2.49. The molecule has 2 aromatic carbocycles. The van der Waals surface area contributed by atoms with Crippen LogP contribution < -0.4 is 24.8 Å². The summed E-state index contributed by atoms with van der Waals surface area (Å²) in [5.41, 5.74) is 1.97. The van der Waals surface area contributed by atoms with E-state index in [1.165, 1.54) is 0 Å². The molecule has 0 fully saturated rings. The molecule has 2 N–H and O–H groups in total. The molecule has 2 aromatic rings. The number of hydrogen-bond donors (Lipinski definition) is 2. The summed E-state index contributed by atoms with van der Waals surface area (Å²) < 4.78 is 16.9. The lowest BCUT2D eigenvalue weighted by Crippen LogP contribution is -2.39. The zero-order valence-electron chi connectivity index (χ0n) is 14.4. The number of nitrogens with one attached hydrogen (secondary N) is 2. The van der Waals surface area contributed by atoms with Crippen LogP contribution in [0.5, 0.6) is 17.2 Å². The molecule has 0 saturated carbocycles. The van der Waals surface area contributed by atoms with Crippen molar-refractivity contribution < 1.29 is 14.2 Å². The molecule has 132 valence electrons. The molecule has 3 rings (SSSR count). The van der Waals surface area contributed by atoms with Gasteiger partial charge in [0.05, 0.1) is 6.04 Å². The maximum Gasteiger partial charge on any atom is 0.171 e. The van der Waals surface area contributed by atoms with Crippen molar-refractivity contribution in [3.05, 3.63) is 48.0 Å². The van der Waals surface area contributed by atoms with Crippen LogP contribution in [0.2, 0.25) is 0 Å². The van der Waals surface area contributed by atoms with Crippen molar-refractivity contribution in [3.63, 3.8) is 0 Å². The predicted octanol–water partition coefficient (Wildman–Crippen LogP) is 3.52. The number of hydrogen-bond acceptors (Lipinski definition) is 4. The van der Waals surface area contributed by atoms with E-state index in [9.17, 15) is 0 Å². The fraction of sp³-hybridized carbons (Fsp3) is 0.316. The van der Waals surface area contributed by atoms with Gasteiger partial charge in [-0.05, 0) is 49.8 Å². The SMILES string of the molecule is Cc1ccccc1OC[C@H](C)NC(=S)Nc1ccc2c(c1)OCCO2. The van der Waals surface area contributed by atoms with Gasteiger partial charge in [-0.3, -0.25) is 0 Å². The van der Waals surface area contributed by atoms with E-state index in [1.54, 1.807) is 0 Å². The van der Waals surface area contributed by atoms with Crippen molar-refractivity contribution in [2.45, 2.75) is 19.9 Å². The van der Waals surface area contributed by atoms with Gasteiger partial charge in [0.15, 0.2) is 16.6 Å². The molecule has 0 unspecified atom stereocenters. The first-order chi connectivity index (χ1) is 12.1. The molecule has 0 amide bonds. The van der Waals surface area contributed by atoms with Gasteiger partial charge in [0, 0.05) is 11.8 Å². The minimum atomic E-state index is 0.0665. The molecule has 1 heterocycles. The highest BCUT2D eigenvalue weighted by molar-refractivity contribution is 7.80. The van der Waals surface area contributed by atoms with Crippen LogP contribution >= 0.6 is 12.2 Å². The highest BCUT2D eigenvalue weighted by Crippen LogP contribution is 2.32. The van der Waals surface area contributed by atoms with Crippen LogP contribution in [-0.4, -0.2) is 31.0 Å². The zero-order valence-corrected chi connectivity index (χ0v) is 15.2. The maximum atomic E-state index is 5.84. The zero-order chi connectivity index (χ0) is 17.6. The maximum absolute atomic E-state index is 5.84. The van der Waals surface area contributed by atoms with Crippen LogP contribution in [0.25, 0.3) is 0 Å². The lowest BCUT2D eigenvalue weighted by molar-refractivity contribution is 0.171. The first-order valence-corrected chi connectivity index (χ1v) is 8.68. The Bertz CT molecular complexity index is 751. The molecule has 1 atom stereocenters. The van der Waals surface area contributed by atoms with Crippen molar-refractivity contribution in [2.24, 2.45) is 0 Å². The van der Waals surface area contributed by atoms with Gasteiger partial charge < -0.3 is 24.8 Å². The van der Waals surface area contributed by atoms with E-state index in [1.807, 2.05) is 56.3 Å². The summed E-state index contributed by atoms with van der Waals surface area (Å²) in [5, 5.41) is 6.92. The van der Waals surface area contributed by atoms with Gasteiger partial charge >= 0.3 is 0 Å². The molecule has 0 bridgehead atoms. The molecule has 5 nitrogen and oxygen atoms in total. The van der Waals surface area contributed by atoms with Gasteiger partial charge in [0.1, 0.15) is 25.6 Å². The van der Waals surface area contributed by atoms with E-state index in [0.29, 0.717) is 24.9 Å². The molecule has 0 spiro atoms. The minimum absolute atomic E-state index is 0.0665. The molecular weight excluding hydrogens is 336 g/mol. The Morgan fingerprint density at radius 3 is 2.72 bits per heavy atom. The normalized spacial score (nSPS) is 13.7. The summed E-state index contributed by atoms with van der Waals surface area (Å²) in [4.78, 5) is 0. The molecule has 1 aliphatic rings. The number of rotatable bonds is 5. The number of ether oxygens (including phenoxy) is 3. The largest absolute Gasteiger partial charge is 0.491 e. The first kappa shape index (κ1) is 17.4. The Morgan fingerprint density at radius 1 is 1.16 bits per heavy atom. The summed E-state index contributed by atoms with van der Waals surface area (Å²) in [6.07, 6.45) is 0. The van der Waals surface area contributed by atoms with Gasteiger partial charge in [-0.25, -0.2) is 0 Å². The molecule has 0 radical (unpaired) electrons. The lowest BCUT2D eigenvalue weighted by Gasteiger charge is -2.21. The summed E-state index contributed by atoms with van der Waals surface area (Å²) in [7, 11) is 0. The quantitative estimate of drug-likeness (QED) is 0.798. The number of fused-ring (bicyclic) bond motifs is 1. The second-order valence-electron chi connectivity index (χ2n) is 5.93. The van der Waals surface area contributed by atoms with E-state index in [2.05, 4.69) is 10.6 Å². The van der Waals surface area contributed by atoms with Crippen LogP contribution in [0.3, 0.4) is 0 Å². The van der Waals surface area contributed by atoms with E-state index in [-0.39, 0.29) is 6.04 Å². The van der Waals surface area contributed by atoms with Crippen LogP contribution in [0, 0.1) is 6.92 Å². The third-order valence-corrected chi connectivity index (χ3v) is 3.98. The van der Waals surface area contributed by atoms with E-state index in [4.69, 9.17) is 26.4 Å². The topological polar surface area (TPSA) is 51.8 Å². The van der Waals surface area contributed by atoms with Crippen LogP contribution in [0.4, 0.5) is 5.69 Å². The minimum Gasteiger partial charge on any atom is -0.491 e. The van der Waals surface area contributed by atoms with Gasteiger partial charge in [-0.15, -0.1) is 0 Å². The molecular formula is C19H22N2O3S. The van der Waals surface area contributed by atoms with Crippen molar-refractivity contribution >= 4 is 23.0 Å². The van der Waals surface area contributed by atoms with Crippen LogP contribution in [-0.2, 0) is 0 Å². The second kappa shape index (κ2) is 8.07. The van der Waals surface area contributed by atoms with Crippen LogP contribution in [0.1, 0.15) is 12.5 Å². The average Bonchev–Trinajstić information content (AvgIpc) is 2.61. The van der Waals surface area contributed by atoms with Crippen molar-refractivity contribution in [3.8, 4) is 17.2 Å². The van der Waals surface area contributed by atoms with E-state index < -0.39 is 0 Å². The molecule has 0 saturated heterocycles. The highest BCUT2D eigenvalue weighted by atomic mass is 32.1. The van der Waals surface area contributed by atoms with Gasteiger partial charge in [-0.2, -0.15) is 0 Å². The summed E-state index contributed by atoms with van der Waals surface area (Å²) >= 11 is 5.37. The summed E-state index contributed by atoms with van der Waals surface area (Å²) in [6.45, 7) is 5.72. The van der Waals surface area contributed by atoms with E-state index in [0.717, 1.165) is 28.5 Å². The highest BCUT2D eigenvalue weighted by Gasteiger charge is 2.12. The van der Waals surface area contributed by atoms with Gasteiger partial charge in [-0.1, -0.05) is 18.2 Å². The number of thiocarbonyl (C=S) groups is 1. The van der Waals surface area contributed by atoms with Crippen molar-refractivity contribution in [2.75, 3.05) is 25.1 Å². The third kappa shape index (κ3) is 4.76. The summed E-state index contributed by atoms with van der Waals surface area (Å²) in [5.74, 6) is 2.38. The predicted molar refractivity (Wildman–Crippen MR) is 103 cm³/mol. The van der Waals surface area contributed by atoms with Gasteiger partial charge in [0.25, 0.3) is 0 Å². The molecule has 1 aliphatic heterocycles. The lowest BCUT2D eigenvalue weighted by atomic mass is 10.2. The smallest absolute Gasteiger partial charge is 0.171 e. The van der Waals surface area contributed by atoms with Crippen molar-refractivity contribution in [1.29, 1.82) is 0 Å². The monoisotopic (exact) mass is 358 g/mol. The average molecular weight is 358 g/mol. The molecule has 25 heavy (non-hydrogen) atoms. The summed E-state index contributed by atoms with van der Waals surface area (Å²) in [6, 6.07) is 13.7. The fourth-order valence-corrected chi connectivity index (χ4v) is 2.81. The number of aryl methyl sites for hydroxylation is 1.